The van der Waals surface area contributed by atoms with Crippen molar-refractivity contribution in [2.45, 2.75) is 0 Å². The van der Waals surface area contributed by atoms with Gasteiger partial charge in [-0.15, -0.1) is 0 Å². The molecule has 0 aliphatic heterocycles. The molecule has 0 heterocycles. The fourth-order valence-corrected chi connectivity index (χ4v) is 1.47. The number of nitrogens with one attached hydrogen (secondary N) is 1. The SMILES string of the molecule is N#Cc1ccc(C=CC(=O)NP(N)(N)=O)cc1. The maximum Gasteiger partial charge on any atom is 0.300 e. The Morgan fingerprint density at radius 3 is 2.41 bits per heavy atom. The fraction of sp³-hybridized carbons (Fsp3) is 0. The van der Waals surface area contributed by atoms with E-state index >= 15 is 0 Å². The number of benzene rings is 1. The fourth-order valence-electron chi connectivity index (χ4n) is 1.05. The van der Waals surface area contributed by atoms with Crippen LogP contribution in [0.3, 0.4) is 0 Å². The molecule has 0 aliphatic rings. The summed E-state index contributed by atoms with van der Waals surface area (Å²) in [7, 11) is -3.55. The van der Waals surface area contributed by atoms with Crippen LogP contribution in [0.4, 0.5) is 0 Å². The number of hydrogen-bond donors (Lipinski definition) is 3. The van der Waals surface area contributed by atoms with Crippen LogP contribution in [0.5, 0.6) is 0 Å². The van der Waals surface area contributed by atoms with Crippen molar-refractivity contribution >= 4 is 19.6 Å². The van der Waals surface area contributed by atoms with Crippen LogP contribution in [-0.2, 0) is 9.36 Å². The summed E-state index contributed by atoms with van der Waals surface area (Å²) in [6.07, 6.45) is 2.65. The quantitative estimate of drug-likeness (QED) is 0.538. The van der Waals surface area contributed by atoms with Crippen molar-refractivity contribution in [2.75, 3.05) is 0 Å². The first kappa shape index (κ1) is 13.1. The number of nitriles is 1. The molecule has 0 radical (unpaired) electrons. The van der Waals surface area contributed by atoms with E-state index in [-0.39, 0.29) is 0 Å². The normalized spacial score (nSPS) is 11.1. The van der Waals surface area contributed by atoms with Gasteiger partial charge in [0.05, 0.1) is 11.6 Å². The molecule has 88 valence electrons. The van der Waals surface area contributed by atoms with Crippen LogP contribution in [0.15, 0.2) is 30.3 Å². The Morgan fingerprint density at radius 2 is 1.94 bits per heavy atom. The molecule has 0 unspecified atom stereocenters. The number of carbonyl (C=O) groups excluding carboxylic acids is 1. The van der Waals surface area contributed by atoms with E-state index < -0.39 is 13.5 Å². The lowest BCUT2D eigenvalue weighted by atomic mass is 10.1. The van der Waals surface area contributed by atoms with E-state index in [4.69, 9.17) is 16.3 Å². The lowest BCUT2D eigenvalue weighted by Crippen LogP contribution is -2.26. The summed E-state index contributed by atoms with van der Waals surface area (Å²) < 4.78 is 10.9. The first-order valence-corrected chi connectivity index (χ1v) is 6.43. The summed E-state index contributed by atoms with van der Waals surface area (Å²) in [5.74, 6) is -0.636. The molecule has 5 N–H and O–H groups in total. The molecule has 0 saturated carbocycles. The van der Waals surface area contributed by atoms with Gasteiger partial charge in [-0.3, -0.25) is 25.5 Å². The van der Waals surface area contributed by atoms with Crippen LogP contribution in [0.25, 0.3) is 6.08 Å². The molecule has 0 atom stereocenters. The van der Waals surface area contributed by atoms with E-state index in [1.807, 2.05) is 11.2 Å². The Bertz CT molecular complexity index is 524. The van der Waals surface area contributed by atoms with Gasteiger partial charge < -0.3 is 0 Å². The molecule has 0 spiro atoms. The monoisotopic (exact) mass is 250 g/mol. The van der Waals surface area contributed by atoms with Crippen molar-refractivity contribution in [2.24, 2.45) is 11.0 Å². The predicted octanol–water partition coefficient (Wildman–Crippen LogP) is 0.713. The average molecular weight is 250 g/mol. The zero-order valence-electron chi connectivity index (χ0n) is 8.83. The van der Waals surface area contributed by atoms with Gasteiger partial charge >= 0.3 is 7.59 Å². The standard InChI is InChI=1S/C10H11N4O2P/c11-7-9-3-1-8(2-4-9)5-6-10(15)14-17(12,13)16/h1-6H,(H5,12,13,14,15,16). The molecule has 0 saturated heterocycles. The second-order valence-corrected chi connectivity index (χ2v) is 4.89. The lowest BCUT2D eigenvalue weighted by Gasteiger charge is -2.05. The Balaban J connectivity index is 2.68. The average Bonchev–Trinajstić information content (AvgIpc) is 2.25. The summed E-state index contributed by atoms with van der Waals surface area (Å²) in [4.78, 5) is 11.2. The Labute approximate surface area is 98.4 Å². The molecule has 1 rings (SSSR count). The van der Waals surface area contributed by atoms with Crippen molar-refractivity contribution in [3.05, 3.63) is 41.5 Å². The van der Waals surface area contributed by atoms with Gasteiger partial charge in [0.25, 0.3) is 5.91 Å². The van der Waals surface area contributed by atoms with E-state index in [1.165, 1.54) is 6.08 Å². The van der Waals surface area contributed by atoms with E-state index in [9.17, 15) is 9.36 Å². The highest BCUT2D eigenvalue weighted by atomic mass is 31.2. The number of nitrogens with two attached hydrogens (primary N) is 2. The van der Waals surface area contributed by atoms with E-state index in [0.717, 1.165) is 11.6 Å². The van der Waals surface area contributed by atoms with Crippen LogP contribution in [0.2, 0.25) is 0 Å². The van der Waals surface area contributed by atoms with Gasteiger partial charge in [0.2, 0.25) is 0 Å². The molecule has 0 aromatic heterocycles. The minimum absolute atomic E-state index is 0.528. The largest absolute Gasteiger partial charge is 0.300 e. The van der Waals surface area contributed by atoms with Crippen LogP contribution in [0, 0.1) is 11.3 Å². The number of rotatable bonds is 3. The smallest absolute Gasteiger partial charge is 0.280 e. The minimum Gasteiger partial charge on any atom is -0.280 e. The molecule has 0 aliphatic carbocycles. The zero-order chi connectivity index (χ0) is 12.9. The molecule has 1 amide bonds. The maximum absolute atomic E-state index is 11.2. The van der Waals surface area contributed by atoms with Crippen LogP contribution < -0.4 is 16.1 Å². The molecule has 1 aromatic rings. The number of amides is 1. The number of carbonyl (C=O) groups is 1. The Hall–Kier alpha value is -1.93. The third kappa shape index (κ3) is 5.09. The number of nitrogens with zero attached hydrogens (tertiary/aromatic N) is 1. The summed E-state index contributed by atoms with van der Waals surface area (Å²) in [6.45, 7) is 0. The van der Waals surface area contributed by atoms with Crippen LogP contribution in [-0.4, -0.2) is 5.91 Å². The van der Waals surface area contributed by atoms with Crippen molar-refractivity contribution < 1.29 is 9.36 Å². The van der Waals surface area contributed by atoms with Gasteiger partial charge in [0.1, 0.15) is 0 Å². The molecule has 0 bridgehead atoms. The highest BCUT2D eigenvalue weighted by Gasteiger charge is 2.09. The molecule has 17 heavy (non-hydrogen) atoms. The molecule has 6 nitrogen and oxygen atoms in total. The third-order valence-corrected chi connectivity index (χ3v) is 2.32. The summed E-state index contributed by atoms with van der Waals surface area (Å²) in [6, 6.07) is 8.56. The van der Waals surface area contributed by atoms with Crippen LogP contribution in [0.1, 0.15) is 11.1 Å². The molecule has 1 aromatic carbocycles. The van der Waals surface area contributed by atoms with Crippen molar-refractivity contribution in [3.8, 4) is 6.07 Å². The summed E-state index contributed by atoms with van der Waals surface area (Å²) in [5.41, 5.74) is 11.2. The highest BCUT2D eigenvalue weighted by Crippen LogP contribution is 2.16. The second kappa shape index (κ2) is 5.41. The van der Waals surface area contributed by atoms with Gasteiger partial charge in [-0.2, -0.15) is 5.26 Å². The summed E-state index contributed by atoms with van der Waals surface area (Å²) in [5, 5.41) is 10.5. The van der Waals surface area contributed by atoms with Crippen LogP contribution >= 0.6 is 7.59 Å². The van der Waals surface area contributed by atoms with Crippen molar-refractivity contribution in [3.63, 3.8) is 0 Å². The van der Waals surface area contributed by atoms with E-state index in [0.29, 0.717) is 5.56 Å². The minimum atomic E-state index is -3.55. The molecular formula is C10H11N4O2P. The molecule has 0 fully saturated rings. The third-order valence-electron chi connectivity index (χ3n) is 1.75. The maximum atomic E-state index is 11.2. The zero-order valence-corrected chi connectivity index (χ0v) is 9.72. The second-order valence-electron chi connectivity index (χ2n) is 3.25. The highest BCUT2D eigenvalue weighted by molar-refractivity contribution is 7.57. The predicted molar refractivity (Wildman–Crippen MR) is 64.3 cm³/mol. The van der Waals surface area contributed by atoms with Gasteiger partial charge in [-0.05, 0) is 23.8 Å². The molecule has 7 heteroatoms. The Kier molecular flexibility index (Phi) is 4.18. The topological polar surface area (TPSA) is 122 Å². The van der Waals surface area contributed by atoms with E-state index in [2.05, 4.69) is 0 Å². The van der Waals surface area contributed by atoms with E-state index in [1.54, 1.807) is 24.3 Å². The summed E-state index contributed by atoms with van der Waals surface area (Å²) >= 11 is 0. The van der Waals surface area contributed by atoms with Gasteiger partial charge in [0.15, 0.2) is 0 Å². The van der Waals surface area contributed by atoms with Gasteiger partial charge in [-0.1, -0.05) is 12.1 Å². The van der Waals surface area contributed by atoms with Crippen molar-refractivity contribution in [1.29, 1.82) is 5.26 Å². The van der Waals surface area contributed by atoms with Gasteiger partial charge in [-0.25, -0.2) is 0 Å². The lowest BCUT2D eigenvalue weighted by molar-refractivity contribution is -0.114. The molecular weight excluding hydrogens is 239 g/mol. The first-order valence-electron chi connectivity index (χ1n) is 4.58. The van der Waals surface area contributed by atoms with Crippen molar-refractivity contribution in [1.82, 2.24) is 5.09 Å². The Morgan fingerprint density at radius 1 is 1.35 bits per heavy atom. The van der Waals surface area contributed by atoms with Gasteiger partial charge in [0, 0.05) is 6.08 Å². The number of hydrogen-bond acceptors (Lipinski definition) is 3. The first-order chi connectivity index (χ1) is 7.90.